The lowest BCUT2D eigenvalue weighted by atomic mass is 9.89. The van der Waals surface area contributed by atoms with E-state index in [1.807, 2.05) is 20.8 Å². The molecule has 162 valence electrons. The van der Waals surface area contributed by atoms with Gasteiger partial charge in [0.2, 0.25) is 0 Å². The molecule has 31 heavy (non-hydrogen) atoms. The summed E-state index contributed by atoms with van der Waals surface area (Å²) in [5.41, 5.74) is 5.89. The maximum atomic E-state index is 13.5. The number of ketones is 1. The average Bonchev–Trinajstić information content (AvgIpc) is 3.31. The minimum atomic E-state index is -1.05. The van der Waals surface area contributed by atoms with Gasteiger partial charge in [-0.25, -0.2) is 9.97 Å². The summed E-state index contributed by atoms with van der Waals surface area (Å²) in [5, 5.41) is 1.34. The van der Waals surface area contributed by atoms with E-state index >= 15 is 0 Å². The Morgan fingerprint density at radius 1 is 1.16 bits per heavy atom. The van der Waals surface area contributed by atoms with Crippen LogP contribution in [0.15, 0.2) is 36.8 Å². The molecule has 1 aromatic carbocycles. The van der Waals surface area contributed by atoms with Crippen molar-refractivity contribution in [2.75, 3.05) is 5.73 Å². The van der Waals surface area contributed by atoms with Crippen LogP contribution in [0.25, 0.3) is 11.0 Å². The van der Waals surface area contributed by atoms with Crippen LogP contribution in [-0.2, 0) is 14.2 Å². The zero-order valence-electron chi connectivity index (χ0n) is 17.0. The van der Waals surface area contributed by atoms with Gasteiger partial charge in [0.05, 0.1) is 15.4 Å². The second-order valence-corrected chi connectivity index (χ2v) is 9.16. The summed E-state index contributed by atoms with van der Waals surface area (Å²) in [7, 11) is 0. The van der Waals surface area contributed by atoms with Gasteiger partial charge in [-0.1, -0.05) is 23.2 Å². The Labute approximate surface area is 188 Å². The molecule has 0 aliphatic carbocycles. The van der Waals surface area contributed by atoms with Gasteiger partial charge in [0, 0.05) is 11.8 Å². The number of carbonyl (C=O) groups excluding carboxylic acids is 1. The number of carbonyl (C=O) groups is 1. The molecule has 0 amide bonds. The molecule has 0 bridgehead atoms. The highest BCUT2D eigenvalue weighted by Crippen LogP contribution is 2.51. The van der Waals surface area contributed by atoms with E-state index in [1.165, 1.54) is 12.4 Å². The number of rotatable bonds is 3. The zero-order valence-corrected chi connectivity index (χ0v) is 18.5. The molecule has 2 aromatic heterocycles. The summed E-state index contributed by atoms with van der Waals surface area (Å²) in [6.07, 6.45) is 0.984. The molecular formula is C21H20Cl2N4O4. The Hall–Kier alpha value is -2.23. The van der Waals surface area contributed by atoms with Crippen LogP contribution in [0.5, 0.6) is 0 Å². The molecule has 3 aromatic rings. The third-order valence-electron chi connectivity index (χ3n) is 5.75. The number of nitrogens with zero attached hydrogens (tertiary/aromatic N) is 3. The number of benzene rings is 1. The summed E-state index contributed by atoms with van der Waals surface area (Å²) in [6.45, 7) is 5.44. The Kier molecular flexibility index (Phi) is 4.59. The van der Waals surface area contributed by atoms with Crippen molar-refractivity contribution in [1.29, 1.82) is 0 Å². The lowest BCUT2D eigenvalue weighted by molar-refractivity contribution is -0.203. The van der Waals surface area contributed by atoms with Crippen molar-refractivity contribution in [3.63, 3.8) is 0 Å². The average molecular weight is 463 g/mol. The Morgan fingerprint density at radius 2 is 1.94 bits per heavy atom. The van der Waals surface area contributed by atoms with Crippen LogP contribution >= 0.6 is 23.2 Å². The van der Waals surface area contributed by atoms with Crippen LogP contribution in [0.1, 0.15) is 37.4 Å². The predicted molar refractivity (Wildman–Crippen MR) is 115 cm³/mol. The molecule has 2 saturated heterocycles. The topological polar surface area (TPSA) is 101 Å². The summed E-state index contributed by atoms with van der Waals surface area (Å²) in [6, 6.07) is 6.53. The SMILES string of the molecule is CC1(C)O[C@H]2[C@H](n3ccc4c(N)ncnc43)O[C@H](C(=O)c3ccc(Cl)c(Cl)c3)[C@@]2(C)O1. The minimum absolute atomic E-state index is 0.277. The fraction of sp³-hybridized carbons (Fsp3) is 0.381. The standard InChI is InChI=1S/C21H20Cl2N4O4/c1-20(2)30-16-19(27-7-6-11-17(24)25-9-26-18(11)27)29-15(21(16,3)31-20)14(28)10-4-5-12(22)13(23)8-10/h4-9,15-16,19H,1-3H3,(H2,24,25,26)/t15-,16+,19-,21-/m1/s1. The van der Waals surface area contributed by atoms with Crippen LogP contribution in [-0.4, -0.2) is 43.9 Å². The predicted octanol–water partition coefficient (Wildman–Crippen LogP) is 4.01. The first-order valence-corrected chi connectivity index (χ1v) is 10.5. The molecule has 4 heterocycles. The lowest BCUT2D eigenvalue weighted by Crippen LogP contribution is -2.47. The Bertz CT molecular complexity index is 1210. The molecule has 8 nitrogen and oxygen atoms in total. The van der Waals surface area contributed by atoms with Crippen molar-refractivity contribution in [1.82, 2.24) is 14.5 Å². The number of aromatic nitrogens is 3. The number of anilines is 1. The number of fused-ring (bicyclic) bond motifs is 2. The quantitative estimate of drug-likeness (QED) is 0.586. The lowest BCUT2D eigenvalue weighted by Gasteiger charge is -2.28. The van der Waals surface area contributed by atoms with E-state index in [2.05, 4.69) is 9.97 Å². The number of halogens is 2. The fourth-order valence-electron chi connectivity index (χ4n) is 4.45. The first kappa shape index (κ1) is 20.7. The zero-order chi connectivity index (χ0) is 22.1. The molecule has 0 unspecified atom stereocenters. The maximum Gasteiger partial charge on any atom is 0.194 e. The highest BCUT2D eigenvalue weighted by molar-refractivity contribution is 6.42. The minimum Gasteiger partial charge on any atom is -0.383 e. The smallest absolute Gasteiger partial charge is 0.194 e. The molecule has 2 aliphatic heterocycles. The number of nitrogens with two attached hydrogens (primary N) is 1. The van der Waals surface area contributed by atoms with Crippen LogP contribution in [0.3, 0.4) is 0 Å². The molecule has 0 radical (unpaired) electrons. The van der Waals surface area contributed by atoms with Gasteiger partial charge in [-0.05, 0) is 45.0 Å². The number of hydrogen-bond donors (Lipinski definition) is 1. The number of Topliss-reactive ketones (excluding diaryl/α,β-unsaturated/α-hetero) is 1. The van der Waals surface area contributed by atoms with E-state index < -0.39 is 29.8 Å². The van der Waals surface area contributed by atoms with E-state index in [4.69, 9.17) is 43.1 Å². The van der Waals surface area contributed by atoms with E-state index in [9.17, 15) is 4.79 Å². The van der Waals surface area contributed by atoms with Crippen molar-refractivity contribution < 1.29 is 19.0 Å². The van der Waals surface area contributed by atoms with Crippen molar-refractivity contribution in [3.8, 4) is 0 Å². The van der Waals surface area contributed by atoms with Crippen LogP contribution in [0, 0.1) is 0 Å². The molecule has 10 heteroatoms. The van der Waals surface area contributed by atoms with Crippen molar-refractivity contribution >= 4 is 45.8 Å². The maximum absolute atomic E-state index is 13.5. The Morgan fingerprint density at radius 3 is 2.68 bits per heavy atom. The molecule has 4 atom stereocenters. The van der Waals surface area contributed by atoms with Crippen molar-refractivity contribution in [2.45, 2.75) is 50.6 Å². The Balaban J connectivity index is 1.59. The molecular weight excluding hydrogens is 443 g/mol. The first-order valence-electron chi connectivity index (χ1n) is 9.70. The first-order chi connectivity index (χ1) is 14.6. The van der Waals surface area contributed by atoms with Gasteiger partial charge in [0.1, 0.15) is 29.5 Å². The summed E-state index contributed by atoms with van der Waals surface area (Å²) in [5.74, 6) is -0.827. The van der Waals surface area contributed by atoms with Crippen LogP contribution < -0.4 is 5.73 Å². The third-order valence-corrected chi connectivity index (χ3v) is 6.49. The van der Waals surface area contributed by atoms with E-state index in [0.717, 1.165) is 0 Å². The molecule has 2 N–H and O–H groups in total. The largest absolute Gasteiger partial charge is 0.383 e. The number of ether oxygens (including phenoxy) is 3. The van der Waals surface area contributed by atoms with E-state index in [1.54, 1.807) is 29.0 Å². The second-order valence-electron chi connectivity index (χ2n) is 8.34. The number of nitrogen functional groups attached to an aromatic ring is 1. The van der Waals surface area contributed by atoms with Crippen molar-refractivity contribution in [2.24, 2.45) is 0 Å². The van der Waals surface area contributed by atoms with E-state index in [0.29, 0.717) is 27.4 Å². The van der Waals surface area contributed by atoms with Crippen LogP contribution in [0.4, 0.5) is 5.82 Å². The third kappa shape index (κ3) is 3.13. The van der Waals surface area contributed by atoms with Gasteiger partial charge < -0.3 is 24.5 Å². The highest BCUT2D eigenvalue weighted by atomic mass is 35.5. The summed E-state index contributed by atoms with van der Waals surface area (Å²) < 4.78 is 20.5. The van der Waals surface area contributed by atoms with Gasteiger partial charge in [-0.15, -0.1) is 0 Å². The monoisotopic (exact) mass is 462 g/mol. The summed E-state index contributed by atoms with van der Waals surface area (Å²) >= 11 is 12.1. The summed E-state index contributed by atoms with van der Waals surface area (Å²) in [4.78, 5) is 21.9. The molecule has 2 fully saturated rings. The second kappa shape index (κ2) is 6.88. The van der Waals surface area contributed by atoms with Crippen LogP contribution in [0.2, 0.25) is 10.0 Å². The van der Waals surface area contributed by atoms with Gasteiger partial charge in [0.25, 0.3) is 0 Å². The molecule has 0 saturated carbocycles. The van der Waals surface area contributed by atoms with Gasteiger partial charge in [-0.3, -0.25) is 4.79 Å². The molecule has 5 rings (SSSR count). The normalized spacial score (nSPS) is 29.4. The van der Waals surface area contributed by atoms with Gasteiger partial charge in [0.15, 0.2) is 23.9 Å². The molecule has 0 spiro atoms. The highest BCUT2D eigenvalue weighted by Gasteiger charge is 2.66. The number of hydrogen-bond acceptors (Lipinski definition) is 7. The van der Waals surface area contributed by atoms with E-state index in [-0.39, 0.29) is 10.8 Å². The van der Waals surface area contributed by atoms with Gasteiger partial charge >= 0.3 is 0 Å². The fourth-order valence-corrected chi connectivity index (χ4v) is 4.75. The van der Waals surface area contributed by atoms with Crippen molar-refractivity contribution in [3.05, 3.63) is 52.4 Å². The van der Waals surface area contributed by atoms with Gasteiger partial charge in [-0.2, -0.15) is 0 Å². The molecule has 2 aliphatic rings.